The van der Waals surface area contributed by atoms with Crippen molar-refractivity contribution in [3.63, 3.8) is 0 Å². The van der Waals surface area contributed by atoms with E-state index in [1.165, 1.54) is 32.1 Å². The zero-order valence-corrected chi connectivity index (χ0v) is 17.9. The second kappa shape index (κ2) is 11.3. The van der Waals surface area contributed by atoms with Crippen LogP contribution in [0.4, 0.5) is 0 Å². The van der Waals surface area contributed by atoms with Crippen LogP contribution in [-0.2, 0) is 25.7 Å². The van der Waals surface area contributed by atoms with Gasteiger partial charge >= 0.3 is 5.97 Å². The Balaban J connectivity index is 1.94. The lowest BCUT2D eigenvalue weighted by Crippen LogP contribution is -2.25. The number of nitrogens with zero attached hydrogens (tertiary/aromatic N) is 2. The molecular formula is C21H35N3O5. The molecule has 1 aromatic rings. The number of ether oxygens (including phenoxy) is 2. The van der Waals surface area contributed by atoms with Crippen LogP contribution < -0.4 is 5.73 Å². The van der Waals surface area contributed by atoms with Crippen molar-refractivity contribution in [3.05, 3.63) is 11.7 Å². The second-order valence-corrected chi connectivity index (χ2v) is 8.93. The maximum absolute atomic E-state index is 12.4. The minimum Gasteiger partial charge on any atom is -0.460 e. The van der Waals surface area contributed by atoms with Crippen molar-refractivity contribution < 1.29 is 23.6 Å². The van der Waals surface area contributed by atoms with Gasteiger partial charge < -0.3 is 19.7 Å². The van der Waals surface area contributed by atoms with Crippen molar-refractivity contribution in [2.45, 2.75) is 96.7 Å². The van der Waals surface area contributed by atoms with Gasteiger partial charge in [-0.15, -0.1) is 0 Å². The third-order valence-electron chi connectivity index (χ3n) is 5.03. The lowest BCUT2D eigenvalue weighted by molar-refractivity contribution is -0.155. The summed E-state index contributed by atoms with van der Waals surface area (Å²) in [6.45, 7) is 5.39. The Kier molecular flexibility index (Phi) is 9.07. The molecule has 0 bridgehead atoms. The lowest BCUT2D eigenvalue weighted by Gasteiger charge is -2.23. The van der Waals surface area contributed by atoms with Gasteiger partial charge in [0.1, 0.15) is 18.8 Å². The van der Waals surface area contributed by atoms with Gasteiger partial charge in [0.25, 0.3) is 0 Å². The van der Waals surface area contributed by atoms with Crippen LogP contribution >= 0.6 is 0 Å². The van der Waals surface area contributed by atoms with E-state index in [-0.39, 0.29) is 31.5 Å². The molecule has 1 saturated carbocycles. The van der Waals surface area contributed by atoms with Crippen LogP contribution in [0.2, 0.25) is 0 Å². The Hall–Kier alpha value is -1.96. The minimum absolute atomic E-state index is 0.0354. The number of amides is 1. The third kappa shape index (κ3) is 9.39. The molecule has 0 aliphatic heterocycles. The van der Waals surface area contributed by atoms with E-state index in [4.69, 9.17) is 19.7 Å². The predicted molar refractivity (Wildman–Crippen MR) is 107 cm³/mol. The maximum atomic E-state index is 12.4. The van der Waals surface area contributed by atoms with E-state index < -0.39 is 11.5 Å². The number of rotatable bonds is 11. The van der Waals surface area contributed by atoms with Gasteiger partial charge in [-0.05, 0) is 33.1 Å². The molecular weight excluding hydrogens is 374 g/mol. The summed E-state index contributed by atoms with van der Waals surface area (Å²) in [7, 11) is 0. The Labute approximate surface area is 172 Å². The standard InChI is InChI=1S/C21H35N3O5/c1-21(2,3)28-19(26)12-16(11-7-10-15-8-5-4-6-9-15)20-23-18(24-29-20)14-27-13-17(22)25/h15-16H,4-14H2,1-3H3,(H2,22,25). The summed E-state index contributed by atoms with van der Waals surface area (Å²) >= 11 is 0. The fraction of sp³-hybridized carbons (Fsp3) is 0.810. The van der Waals surface area contributed by atoms with Gasteiger partial charge in [-0.25, -0.2) is 0 Å². The van der Waals surface area contributed by atoms with Gasteiger partial charge in [0.2, 0.25) is 11.8 Å². The molecule has 8 heteroatoms. The van der Waals surface area contributed by atoms with Crippen molar-refractivity contribution >= 4 is 11.9 Å². The van der Waals surface area contributed by atoms with E-state index in [9.17, 15) is 9.59 Å². The van der Waals surface area contributed by atoms with Crippen LogP contribution in [0.1, 0.15) is 96.2 Å². The first-order chi connectivity index (χ1) is 13.7. The summed E-state index contributed by atoms with van der Waals surface area (Å²) in [6, 6.07) is 0. The Morgan fingerprint density at radius 1 is 1.24 bits per heavy atom. The minimum atomic E-state index is -0.556. The van der Waals surface area contributed by atoms with Crippen LogP contribution in [0.15, 0.2) is 4.52 Å². The van der Waals surface area contributed by atoms with Crippen LogP contribution in [0, 0.1) is 5.92 Å². The molecule has 0 spiro atoms. The molecule has 1 aliphatic rings. The molecule has 164 valence electrons. The molecule has 2 rings (SSSR count). The first-order valence-corrected chi connectivity index (χ1v) is 10.6. The Morgan fingerprint density at radius 2 is 1.97 bits per heavy atom. The predicted octanol–water partition coefficient (Wildman–Crippen LogP) is 3.64. The topological polar surface area (TPSA) is 118 Å². The fourth-order valence-electron chi connectivity index (χ4n) is 3.76. The van der Waals surface area contributed by atoms with Crippen LogP contribution in [0.3, 0.4) is 0 Å². The molecule has 0 saturated heterocycles. The number of primary amides is 1. The Bertz CT molecular complexity index is 647. The monoisotopic (exact) mass is 409 g/mol. The average Bonchev–Trinajstić information content (AvgIpc) is 3.09. The zero-order valence-electron chi connectivity index (χ0n) is 17.9. The lowest BCUT2D eigenvalue weighted by atomic mass is 9.84. The Morgan fingerprint density at radius 3 is 2.62 bits per heavy atom. The number of carbonyl (C=O) groups is 2. The third-order valence-corrected chi connectivity index (χ3v) is 5.03. The summed E-state index contributed by atoms with van der Waals surface area (Å²) in [5.41, 5.74) is 4.52. The van der Waals surface area contributed by atoms with E-state index in [2.05, 4.69) is 10.1 Å². The number of carbonyl (C=O) groups excluding carboxylic acids is 2. The van der Waals surface area contributed by atoms with E-state index in [0.29, 0.717) is 11.7 Å². The van der Waals surface area contributed by atoms with Crippen molar-refractivity contribution in [3.8, 4) is 0 Å². The molecule has 29 heavy (non-hydrogen) atoms. The van der Waals surface area contributed by atoms with Gasteiger partial charge in [0, 0.05) is 5.92 Å². The van der Waals surface area contributed by atoms with Crippen molar-refractivity contribution in [2.75, 3.05) is 6.61 Å². The zero-order chi connectivity index (χ0) is 21.3. The van der Waals surface area contributed by atoms with Gasteiger partial charge in [0.05, 0.1) is 6.42 Å². The van der Waals surface area contributed by atoms with Crippen LogP contribution in [0.5, 0.6) is 0 Å². The summed E-state index contributed by atoms with van der Waals surface area (Å²) in [5.74, 6) is 0.515. The highest BCUT2D eigenvalue weighted by Gasteiger charge is 2.26. The van der Waals surface area contributed by atoms with Crippen LogP contribution in [-0.4, -0.2) is 34.2 Å². The van der Waals surface area contributed by atoms with E-state index in [0.717, 1.165) is 25.2 Å². The van der Waals surface area contributed by atoms with Crippen molar-refractivity contribution in [1.82, 2.24) is 10.1 Å². The van der Waals surface area contributed by atoms with Gasteiger partial charge in [-0.1, -0.05) is 50.1 Å². The molecule has 1 heterocycles. The molecule has 1 fully saturated rings. The van der Waals surface area contributed by atoms with Crippen molar-refractivity contribution in [1.29, 1.82) is 0 Å². The van der Waals surface area contributed by atoms with E-state index >= 15 is 0 Å². The summed E-state index contributed by atoms with van der Waals surface area (Å²) in [4.78, 5) is 27.5. The molecule has 0 aromatic carbocycles. The number of aromatic nitrogens is 2. The molecule has 1 amide bonds. The molecule has 1 atom stereocenters. The molecule has 1 aromatic heterocycles. The normalized spacial score (nSPS) is 16.5. The van der Waals surface area contributed by atoms with Gasteiger partial charge in [-0.2, -0.15) is 4.98 Å². The number of esters is 1. The number of hydrogen-bond donors (Lipinski definition) is 1. The summed E-state index contributed by atoms with van der Waals surface area (Å²) < 4.78 is 16.0. The summed E-state index contributed by atoms with van der Waals surface area (Å²) in [5, 5.41) is 3.90. The SMILES string of the molecule is CC(C)(C)OC(=O)CC(CCCC1CCCCC1)c1nc(COCC(N)=O)no1. The average molecular weight is 410 g/mol. The van der Waals surface area contributed by atoms with E-state index in [1.54, 1.807) is 0 Å². The quantitative estimate of drug-likeness (QED) is 0.554. The smallest absolute Gasteiger partial charge is 0.307 e. The highest BCUT2D eigenvalue weighted by molar-refractivity contribution is 5.74. The number of nitrogens with two attached hydrogens (primary N) is 1. The second-order valence-electron chi connectivity index (χ2n) is 8.93. The molecule has 1 aliphatic carbocycles. The van der Waals surface area contributed by atoms with Gasteiger partial charge in [0.15, 0.2) is 5.82 Å². The number of hydrogen-bond acceptors (Lipinski definition) is 7. The molecule has 0 radical (unpaired) electrons. The largest absolute Gasteiger partial charge is 0.460 e. The highest BCUT2D eigenvalue weighted by atomic mass is 16.6. The first-order valence-electron chi connectivity index (χ1n) is 10.6. The highest BCUT2D eigenvalue weighted by Crippen LogP contribution is 2.31. The maximum Gasteiger partial charge on any atom is 0.307 e. The summed E-state index contributed by atoms with van der Waals surface area (Å²) in [6.07, 6.45) is 9.76. The van der Waals surface area contributed by atoms with Crippen molar-refractivity contribution in [2.24, 2.45) is 11.7 Å². The van der Waals surface area contributed by atoms with E-state index in [1.807, 2.05) is 20.8 Å². The first kappa shape index (κ1) is 23.3. The molecule has 8 nitrogen and oxygen atoms in total. The van der Waals surface area contributed by atoms with Gasteiger partial charge in [-0.3, -0.25) is 9.59 Å². The fourth-order valence-corrected chi connectivity index (χ4v) is 3.76. The molecule has 2 N–H and O–H groups in total. The molecule has 1 unspecified atom stereocenters. The van der Waals surface area contributed by atoms with Crippen LogP contribution in [0.25, 0.3) is 0 Å².